The van der Waals surface area contributed by atoms with Gasteiger partial charge in [0.15, 0.2) is 17.3 Å². The molecule has 23 heavy (non-hydrogen) atoms. The number of carbonyl (C=O) groups is 1. The van der Waals surface area contributed by atoms with E-state index in [-0.39, 0.29) is 18.2 Å². The minimum Gasteiger partial charge on any atom is -0.493 e. The molecule has 8 heteroatoms. The monoisotopic (exact) mass is 316 g/mol. The Labute approximate surface area is 132 Å². The molecule has 0 aliphatic carbocycles. The summed E-state index contributed by atoms with van der Waals surface area (Å²) in [5.41, 5.74) is 9.11. The van der Waals surface area contributed by atoms with E-state index in [2.05, 4.69) is 15.3 Å². The Hall–Kier alpha value is -3.12. The third kappa shape index (κ3) is 4.18. The number of methoxy groups -OCH3 is 2. The average molecular weight is 316 g/mol. The number of nitrogens with zero attached hydrogens (tertiary/aromatic N) is 3. The zero-order chi connectivity index (χ0) is 16.7. The van der Waals surface area contributed by atoms with Gasteiger partial charge in [-0.05, 0) is 35.4 Å². The van der Waals surface area contributed by atoms with Crippen molar-refractivity contribution in [3.8, 4) is 11.5 Å². The third-order valence-electron chi connectivity index (χ3n) is 3.08. The molecule has 2 rings (SSSR count). The topological polar surface area (TPSA) is 109 Å². The largest absolute Gasteiger partial charge is 0.493 e. The smallest absolute Gasteiger partial charge is 0.287 e. The van der Waals surface area contributed by atoms with Gasteiger partial charge < -0.3 is 19.2 Å². The van der Waals surface area contributed by atoms with Crippen LogP contribution in [-0.4, -0.2) is 20.1 Å². The summed E-state index contributed by atoms with van der Waals surface area (Å²) in [4.78, 5) is 14.7. The maximum atomic E-state index is 12.0. The predicted molar refractivity (Wildman–Crippen MR) is 82.3 cm³/mol. The van der Waals surface area contributed by atoms with E-state index in [4.69, 9.17) is 19.4 Å². The molecule has 0 aliphatic heterocycles. The number of ether oxygens (including phenoxy) is 2. The zero-order valence-electron chi connectivity index (χ0n) is 12.8. The second-order valence-electron chi connectivity index (χ2n) is 4.53. The summed E-state index contributed by atoms with van der Waals surface area (Å²) < 4.78 is 15.7. The highest BCUT2D eigenvalue weighted by Gasteiger charge is 2.11. The normalized spacial score (nSPS) is 9.83. The molecule has 1 amide bonds. The number of carbonyl (C=O) groups excluding carboxylic acids is 1. The van der Waals surface area contributed by atoms with Gasteiger partial charge in [-0.1, -0.05) is 11.2 Å². The number of nitrogens with one attached hydrogen (secondary N) is 1. The number of benzene rings is 1. The summed E-state index contributed by atoms with van der Waals surface area (Å²) in [6.07, 6.45) is 0. The van der Waals surface area contributed by atoms with Gasteiger partial charge in [0.05, 0.1) is 20.8 Å². The molecular weight excluding hydrogens is 300 g/mol. The summed E-state index contributed by atoms with van der Waals surface area (Å²) in [7, 11) is 3.11. The molecule has 1 heterocycles. The summed E-state index contributed by atoms with van der Waals surface area (Å²) in [5, 5.41) is 6.11. The van der Waals surface area contributed by atoms with Crippen LogP contribution in [0.15, 0.2) is 39.9 Å². The van der Waals surface area contributed by atoms with E-state index in [1.165, 1.54) is 6.07 Å². The number of azide groups is 1. The Morgan fingerprint density at radius 3 is 2.74 bits per heavy atom. The Bertz CT molecular complexity index is 735. The summed E-state index contributed by atoms with van der Waals surface area (Å²) in [6, 6.07) is 8.52. The molecule has 8 nitrogen and oxygen atoms in total. The first-order valence-electron chi connectivity index (χ1n) is 6.76. The molecule has 0 bridgehead atoms. The second-order valence-corrected chi connectivity index (χ2v) is 4.53. The molecule has 1 aromatic carbocycles. The van der Waals surface area contributed by atoms with Crippen molar-refractivity contribution < 1.29 is 18.7 Å². The van der Waals surface area contributed by atoms with Crippen molar-refractivity contribution in [3.63, 3.8) is 0 Å². The van der Waals surface area contributed by atoms with E-state index in [1.807, 2.05) is 6.07 Å². The van der Waals surface area contributed by atoms with Gasteiger partial charge in [0.1, 0.15) is 5.76 Å². The lowest BCUT2D eigenvalue weighted by molar-refractivity contribution is 0.0921. The third-order valence-corrected chi connectivity index (χ3v) is 3.08. The van der Waals surface area contributed by atoms with Crippen molar-refractivity contribution in [3.05, 3.63) is 57.9 Å². The maximum Gasteiger partial charge on any atom is 0.287 e. The van der Waals surface area contributed by atoms with E-state index < -0.39 is 0 Å². The van der Waals surface area contributed by atoms with Crippen molar-refractivity contribution in [2.24, 2.45) is 5.11 Å². The van der Waals surface area contributed by atoms with Crippen LogP contribution in [0.4, 0.5) is 0 Å². The minimum absolute atomic E-state index is 0.0689. The fraction of sp³-hybridized carbons (Fsp3) is 0.267. The average Bonchev–Trinajstić information content (AvgIpc) is 3.06. The molecule has 0 radical (unpaired) electrons. The van der Waals surface area contributed by atoms with Crippen LogP contribution in [0.1, 0.15) is 21.9 Å². The van der Waals surface area contributed by atoms with Crippen LogP contribution >= 0.6 is 0 Å². The maximum absolute atomic E-state index is 12.0. The lowest BCUT2D eigenvalue weighted by Gasteiger charge is -2.10. The van der Waals surface area contributed by atoms with E-state index in [0.717, 1.165) is 5.56 Å². The summed E-state index contributed by atoms with van der Waals surface area (Å²) >= 11 is 0. The molecule has 0 spiro atoms. The molecule has 1 N–H and O–H groups in total. The van der Waals surface area contributed by atoms with Gasteiger partial charge in [0, 0.05) is 11.5 Å². The van der Waals surface area contributed by atoms with Crippen LogP contribution in [-0.2, 0) is 13.1 Å². The number of hydrogen-bond acceptors (Lipinski definition) is 5. The van der Waals surface area contributed by atoms with Crippen molar-refractivity contribution in [1.82, 2.24) is 5.32 Å². The molecule has 2 aromatic rings. The van der Waals surface area contributed by atoms with Crippen molar-refractivity contribution in [2.75, 3.05) is 14.2 Å². The molecular formula is C15H16N4O4. The van der Waals surface area contributed by atoms with Gasteiger partial charge in [-0.3, -0.25) is 4.79 Å². The van der Waals surface area contributed by atoms with E-state index in [9.17, 15) is 4.79 Å². The lowest BCUT2D eigenvalue weighted by Crippen LogP contribution is -2.22. The molecule has 0 atom stereocenters. The molecule has 120 valence electrons. The van der Waals surface area contributed by atoms with Gasteiger partial charge >= 0.3 is 0 Å². The molecule has 0 fully saturated rings. The Morgan fingerprint density at radius 1 is 1.26 bits per heavy atom. The van der Waals surface area contributed by atoms with Crippen LogP contribution in [0.2, 0.25) is 0 Å². The molecule has 0 saturated carbocycles. The Kier molecular flexibility index (Phi) is 5.49. The van der Waals surface area contributed by atoms with Gasteiger partial charge in [0.2, 0.25) is 0 Å². The summed E-state index contributed by atoms with van der Waals surface area (Å²) in [6.45, 7) is 0.380. The van der Waals surface area contributed by atoms with Crippen LogP contribution in [0.25, 0.3) is 10.4 Å². The first-order chi connectivity index (χ1) is 11.2. The first-order valence-corrected chi connectivity index (χ1v) is 6.76. The molecule has 0 aliphatic rings. The van der Waals surface area contributed by atoms with Crippen LogP contribution < -0.4 is 14.8 Å². The van der Waals surface area contributed by atoms with Crippen molar-refractivity contribution >= 4 is 5.91 Å². The van der Waals surface area contributed by atoms with Crippen molar-refractivity contribution in [2.45, 2.75) is 13.1 Å². The minimum atomic E-state index is -0.355. The van der Waals surface area contributed by atoms with Gasteiger partial charge in [0.25, 0.3) is 5.91 Å². The quantitative estimate of drug-likeness (QED) is 0.481. The number of amides is 1. The van der Waals surface area contributed by atoms with E-state index in [1.54, 1.807) is 32.4 Å². The second kappa shape index (κ2) is 7.77. The Morgan fingerprint density at radius 2 is 2.04 bits per heavy atom. The highest BCUT2D eigenvalue weighted by Crippen LogP contribution is 2.27. The highest BCUT2D eigenvalue weighted by molar-refractivity contribution is 5.91. The fourth-order valence-corrected chi connectivity index (χ4v) is 1.95. The highest BCUT2D eigenvalue weighted by atomic mass is 16.5. The SMILES string of the molecule is COc1ccc(CNC(=O)c2ccc(CN=[N+]=[N-])o2)cc1OC. The van der Waals surface area contributed by atoms with Gasteiger partial charge in [-0.25, -0.2) is 0 Å². The summed E-state index contributed by atoms with van der Waals surface area (Å²) in [5.74, 6) is 1.45. The number of rotatable bonds is 7. The van der Waals surface area contributed by atoms with Gasteiger partial charge in [-0.2, -0.15) is 0 Å². The van der Waals surface area contributed by atoms with Crippen LogP contribution in [0.3, 0.4) is 0 Å². The Balaban J connectivity index is 1.98. The van der Waals surface area contributed by atoms with E-state index in [0.29, 0.717) is 23.8 Å². The molecule has 1 aromatic heterocycles. The van der Waals surface area contributed by atoms with Crippen LogP contribution in [0, 0.1) is 0 Å². The number of furan rings is 1. The molecule has 0 unspecified atom stereocenters. The lowest BCUT2D eigenvalue weighted by atomic mass is 10.2. The first kappa shape index (κ1) is 16.3. The van der Waals surface area contributed by atoms with E-state index >= 15 is 0 Å². The molecule has 0 saturated heterocycles. The number of hydrogen-bond donors (Lipinski definition) is 1. The standard InChI is InChI=1S/C15H16N4O4/c1-21-12-5-3-10(7-14(12)22-2)8-17-15(20)13-6-4-11(23-13)9-18-19-16/h3-7H,8-9H2,1-2H3,(H,17,20). The van der Waals surface area contributed by atoms with Gasteiger partial charge in [-0.15, -0.1) is 0 Å². The predicted octanol–water partition coefficient (Wildman–Crippen LogP) is 3.04. The van der Waals surface area contributed by atoms with Crippen molar-refractivity contribution in [1.29, 1.82) is 0 Å². The fourth-order valence-electron chi connectivity index (χ4n) is 1.95. The van der Waals surface area contributed by atoms with Crippen LogP contribution in [0.5, 0.6) is 11.5 Å². The zero-order valence-corrected chi connectivity index (χ0v) is 12.8.